The van der Waals surface area contributed by atoms with E-state index in [0.29, 0.717) is 0 Å². The largest absolute Gasteiger partial charge is 0.393 e. The van der Waals surface area contributed by atoms with Crippen LogP contribution >= 0.6 is 11.8 Å². The molecule has 0 aromatic carbocycles. The Kier molecular flexibility index (Phi) is 6.51. The zero-order valence-electron chi connectivity index (χ0n) is 8.76. The van der Waals surface area contributed by atoms with E-state index in [2.05, 4.69) is 25.7 Å². The lowest BCUT2D eigenvalue weighted by atomic mass is 10.1. The molecule has 0 aliphatic heterocycles. The lowest BCUT2D eigenvalue weighted by molar-refractivity contribution is 0.957. The molecule has 0 saturated heterocycles. The Balaban J connectivity index is 4.54. The molecule has 0 radical (unpaired) electrons. The van der Waals surface area contributed by atoms with E-state index < -0.39 is 0 Å². The third-order valence-electron chi connectivity index (χ3n) is 1.69. The van der Waals surface area contributed by atoms with Crippen LogP contribution in [-0.4, -0.2) is 6.26 Å². The van der Waals surface area contributed by atoms with Gasteiger partial charge in [-0.25, -0.2) is 0 Å². The van der Waals surface area contributed by atoms with Crippen LogP contribution in [0.4, 0.5) is 0 Å². The summed E-state index contributed by atoms with van der Waals surface area (Å²) in [5, 5.41) is 0.847. The summed E-state index contributed by atoms with van der Waals surface area (Å²) >= 11 is 1.56. The number of unbranched alkanes of at least 4 members (excludes halogenated alkanes) is 1. The molecule has 0 saturated carbocycles. The summed E-state index contributed by atoms with van der Waals surface area (Å²) in [4.78, 5) is 0. The zero-order chi connectivity index (χ0) is 10.3. The highest BCUT2D eigenvalue weighted by atomic mass is 32.2. The van der Waals surface area contributed by atoms with Crippen LogP contribution in [0.1, 0.15) is 26.7 Å². The van der Waals surface area contributed by atoms with Gasteiger partial charge in [0.2, 0.25) is 0 Å². The topological polar surface area (TPSA) is 26.0 Å². The molecule has 0 heterocycles. The van der Waals surface area contributed by atoms with Gasteiger partial charge in [0.15, 0.2) is 0 Å². The number of thioether (sulfide) groups is 1. The molecule has 2 heteroatoms. The van der Waals surface area contributed by atoms with Crippen LogP contribution in [0.5, 0.6) is 0 Å². The van der Waals surface area contributed by atoms with Crippen molar-refractivity contribution in [3.63, 3.8) is 0 Å². The Labute approximate surface area is 85.8 Å². The molecule has 0 atom stereocenters. The maximum absolute atomic E-state index is 5.83. The van der Waals surface area contributed by atoms with Gasteiger partial charge in [0.05, 0.1) is 5.03 Å². The van der Waals surface area contributed by atoms with Crippen LogP contribution in [0.2, 0.25) is 0 Å². The average Bonchev–Trinajstić information content (AvgIpc) is 2.11. The smallest absolute Gasteiger partial charge is 0.0728 e. The predicted octanol–water partition coefficient (Wildman–Crippen LogP) is 3.45. The molecular formula is C11H19NS. The van der Waals surface area contributed by atoms with Crippen molar-refractivity contribution in [1.82, 2.24) is 0 Å². The lowest BCUT2D eigenvalue weighted by Gasteiger charge is -2.04. The second-order valence-electron chi connectivity index (χ2n) is 2.95. The van der Waals surface area contributed by atoms with Crippen LogP contribution in [0.25, 0.3) is 0 Å². The number of hydrogen-bond acceptors (Lipinski definition) is 2. The fraction of sp³-hybridized carbons (Fsp3) is 0.455. The van der Waals surface area contributed by atoms with E-state index in [1.807, 2.05) is 13.2 Å². The summed E-state index contributed by atoms with van der Waals surface area (Å²) in [7, 11) is 0. The number of hydrogen-bond donors (Lipinski definition) is 1. The molecule has 2 N–H and O–H groups in total. The number of nitrogens with two attached hydrogens (primary N) is 1. The van der Waals surface area contributed by atoms with Crippen LogP contribution in [-0.2, 0) is 0 Å². The van der Waals surface area contributed by atoms with Crippen molar-refractivity contribution in [3.8, 4) is 0 Å². The molecule has 1 nitrogen and oxygen atoms in total. The molecule has 0 spiro atoms. The van der Waals surface area contributed by atoms with Crippen LogP contribution < -0.4 is 5.73 Å². The van der Waals surface area contributed by atoms with Gasteiger partial charge in [-0.15, -0.1) is 11.8 Å². The van der Waals surface area contributed by atoms with Crippen molar-refractivity contribution in [2.75, 3.05) is 6.26 Å². The van der Waals surface area contributed by atoms with Crippen molar-refractivity contribution in [1.29, 1.82) is 0 Å². The molecule has 0 bridgehead atoms. The van der Waals surface area contributed by atoms with E-state index in [4.69, 9.17) is 5.73 Å². The highest BCUT2D eigenvalue weighted by molar-refractivity contribution is 8.02. The Morgan fingerprint density at radius 3 is 2.54 bits per heavy atom. The third kappa shape index (κ3) is 4.83. The Bertz CT molecular complexity index is 226. The van der Waals surface area contributed by atoms with Crippen LogP contribution in [0.3, 0.4) is 0 Å². The van der Waals surface area contributed by atoms with Gasteiger partial charge in [-0.1, -0.05) is 32.1 Å². The third-order valence-corrected chi connectivity index (χ3v) is 2.34. The van der Waals surface area contributed by atoms with E-state index in [-0.39, 0.29) is 0 Å². The maximum Gasteiger partial charge on any atom is 0.0728 e. The fourth-order valence-corrected chi connectivity index (χ4v) is 1.37. The van der Waals surface area contributed by atoms with E-state index in [1.165, 1.54) is 6.42 Å². The number of rotatable bonds is 5. The molecule has 0 aliphatic rings. The highest BCUT2D eigenvalue weighted by Gasteiger charge is 1.98. The van der Waals surface area contributed by atoms with E-state index in [0.717, 1.165) is 22.6 Å². The summed E-state index contributed by atoms with van der Waals surface area (Å²) in [5.74, 6) is 0. The highest BCUT2D eigenvalue weighted by Crippen LogP contribution is 2.18. The SMILES string of the molecule is C=C(C)C(/C=C/CCC)=C(\N)SC. The van der Waals surface area contributed by atoms with Gasteiger partial charge in [-0.3, -0.25) is 0 Å². The van der Waals surface area contributed by atoms with Gasteiger partial charge in [-0.2, -0.15) is 0 Å². The minimum absolute atomic E-state index is 0.847. The quantitative estimate of drug-likeness (QED) is 0.683. The van der Waals surface area contributed by atoms with E-state index in [9.17, 15) is 0 Å². The maximum atomic E-state index is 5.83. The molecule has 0 unspecified atom stereocenters. The molecule has 0 aromatic heterocycles. The van der Waals surface area contributed by atoms with E-state index >= 15 is 0 Å². The van der Waals surface area contributed by atoms with Crippen molar-refractivity contribution >= 4 is 11.8 Å². The molecule has 0 fully saturated rings. The first-order valence-electron chi connectivity index (χ1n) is 4.49. The standard InChI is InChI=1S/C11H19NS/c1-5-6-7-8-10(9(2)3)11(12)13-4/h7-8H,2,5-6,12H2,1,3-4H3/b8-7+,11-10+. The van der Waals surface area contributed by atoms with E-state index in [1.54, 1.807) is 11.8 Å². The Hall–Kier alpha value is -0.630. The summed E-state index contributed by atoms with van der Waals surface area (Å²) in [6.45, 7) is 8.04. The molecule has 0 rings (SSSR count). The summed E-state index contributed by atoms with van der Waals surface area (Å²) in [6.07, 6.45) is 8.45. The number of allylic oxidation sites excluding steroid dienone is 4. The van der Waals surface area contributed by atoms with Crippen LogP contribution in [0.15, 0.2) is 34.9 Å². The molecule has 13 heavy (non-hydrogen) atoms. The van der Waals surface area contributed by atoms with Gasteiger partial charge in [0, 0.05) is 5.57 Å². The zero-order valence-corrected chi connectivity index (χ0v) is 9.58. The summed E-state index contributed by atoms with van der Waals surface area (Å²) < 4.78 is 0. The fourth-order valence-electron chi connectivity index (χ4n) is 0.913. The predicted molar refractivity (Wildman–Crippen MR) is 63.6 cm³/mol. The second-order valence-corrected chi connectivity index (χ2v) is 3.80. The monoisotopic (exact) mass is 197 g/mol. The van der Waals surface area contributed by atoms with Crippen molar-refractivity contribution in [2.24, 2.45) is 5.73 Å². The van der Waals surface area contributed by atoms with Gasteiger partial charge < -0.3 is 5.73 Å². The van der Waals surface area contributed by atoms with Crippen molar-refractivity contribution in [3.05, 3.63) is 34.9 Å². The normalized spacial score (nSPS) is 13.2. The first kappa shape index (κ1) is 12.4. The Morgan fingerprint density at radius 2 is 2.15 bits per heavy atom. The van der Waals surface area contributed by atoms with Crippen LogP contribution in [0, 0.1) is 0 Å². The van der Waals surface area contributed by atoms with Crippen molar-refractivity contribution in [2.45, 2.75) is 26.7 Å². The minimum atomic E-state index is 0.847. The molecule has 0 aliphatic carbocycles. The molecular weight excluding hydrogens is 178 g/mol. The minimum Gasteiger partial charge on any atom is -0.393 e. The lowest BCUT2D eigenvalue weighted by Crippen LogP contribution is -1.97. The first-order chi connectivity index (χ1) is 6.13. The first-order valence-corrected chi connectivity index (χ1v) is 5.72. The van der Waals surface area contributed by atoms with Crippen molar-refractivity contribution < 1.29 is 0 Å². The van der Waals surface area contributed by atoms with Gasteiger partial charge >= 0.3 is 0 Å². The molecule has 0 aromatic rings. The second kappa shape index (κ2) is 6.84. The summed E-state index contributed by atoms with van der Waals surface area (Å²) in [6, 6.07) is 0. The van der Waals surface area contributed by atoms with Gasteiger partial charge in [-0.05, 0) is 25.2 Å². The average molecular weight is 197 g/mol. The van der Waals surface area contributed by atoms with Gasteiger partial charge in [0.1, 0.15) is 0 Å². The molecule has 0 amide bonds. The Morgan fingerprint density at radius 1 is 1.54 bits per heavy atom. The molecule has 74 valence electrons. The van der Waals surface area contributed by atoms with Gasteiger partial charge in [0.25, 0.3) is 0 Å². The summed E-state index contributed by atoms with van der Waals surface area (Å²) in [5.41, 5.74) is 7.93.